The smallest absolute Gasteiger partial charge is 0.243 e. The topological polar surface area (TPSA) is 86.9 Å². The van der Waals surface area contributed by atoms with Crippen LogP contribution in [0.5, 0.6) is 5.88 Å². The molecule has 0 aliphatic rings. The third kappa shape index (κ3) is 4.07. The van der Waals surface area contributed by atoms with Crippen molar-refractivity contribution in [1.29, 1.82) is 0 Å². The Hall–Kier alpha value is -2.33. The van der Waals surface area contributed by atoms with Gasteiger partial charge in [0.1, 0.15) is 5.56 Å². The number of amides is 1. The van der Waals surface area contributed by atoms with E-state index in [1.807, 2.05) is 49.1 Å². The molecule has 0 unspecified atom stereocenters. The van der Waals surface area contributed by atoms with Crippen LogP contribution in [0.25, 0.3) is 11.4 Å². The van der Waals surface area contributed by atoms with Gasteiger partial charge in [-0.15, -0.1) is 15.3 Å². The quantitative estimate of drug-likeness (QED) is 0.597. The lowest BCUT2D eigenvalue weighted by Gasteiger charge is -2.05. The molecule has 10 heteroatoms. The zero-order valence-electron chi connectivity index (χ0n) is 14.4. The van der Waals surface area contributed by atoms with Gasteiger partial charge in [0.15, 0.2) is 11.0 Å². The second kappa shape index (κ2) is 7.92. The number of rotatable bonds is 6. The number of halogens is 1. The number of methoxy groups -OCH3 is 1. The molecule has 0 radical (unpaired) electrons. The second-order valence-corrected chi connectivity index (χ2v) is 7.29. The lowest BCUT2D eigenvalue weighted by Crippen LogP contribution is -2.14. The van der Waals surface area contributed by atoms with Crippen LogP contribution in [0.4, 0.5) is 5.69 Å². The third-order valence-corrected chi connectivity index (χ3v) is 5.07. The highest BCUT2D eigenvalue weighted by atomic mass is 79.9. The van der Waals surface area contributed by atoms with Crippen molar-refractivity contribution < 1.29 is 9.53 Å². The molecule has 0 aliphatic heterocycles. The Bertz CT molecular complexity index is 921. The first kappa shape index (κ1) is 18.5. The maximum atomic E-state index is 12.1. The molecule has 0 spiro atoms. The molecule has 0 atom stereocenters. The maximum absolute atomic E-state index is 12.1. The molecule has 3 aromatic rings. The van der Waals surface area contributed by atoms with Crippen molar-refractivity contribution in [3.8, 4) is 17.3 Å². The van der Waals surface area contributed by atoms with E-state index in [4.69, 9.17) is 4.74 Å². The number of benzene rings is 1. The first-order chi connectivity index (χ1) is 12.5. The Morgan fingerprint density at radius 2 is 2.00 bits per heavy atom. The number of aromatic nitrogens is 5. The molecule has 2 aromatic heterocycles. The minimum atomic E-state index is -0.110. The number of nitrogens with zero attached hydrogens (tertiary/aromatic N) is 5. The second-order valence-electron chi connectivity index (χ2n) is 5.43. The molecule has 136 valence electrons. The van der Waals surface area contributed by atoms with Gasteiger partial charge in [-0.1, -0.05) is 27.7 Å². The first-order valence-corrected chi connectivity index (χ1v) is 9.41. The average molecular weight is 437 g/mol. The fourth-order valence-electron chi connectivity index (χ4n) is 2.31. The standard InChI is InChI=1S/C16H17BrN6O2S/c1-22-8-12(15(21-22)25-3)14-19-20-16(23(14)2)26-9-13(24)18-11-6-4-10(17)5-7-11/h4-8H,9H2,1-3H3,(H,18,24). The highest BCUT2D eigenvalue weighted by Gasteiger charge is 2.18. The highest BCUT2D eigenvalue weighted by molar-refractivity contribution is 9.10. The van der Waals surface area contributed by atoms with Crippen LogP contribution < -0.4 is 10.1 Å². The number of anilines is 1. The highest BCUT2D eigenvalue weighted by Crippen LogP contribution is 2.29. The number of ether oxygens (including phenoxy) is 1. The number of hydrogen-bond acceptors (Lipinski definition) is 6. The zero-order chi connectivity index (χ0) is 18.7. The van der Waals surface area contributed by atoms with E-state index >= 15 is 0 Å². The van der Waals surface area contributed by atoms with Crippen LogP contribution in [0.1, 0.15) is 0 Å². The van der Waals surface area contributed by atoms with Gasteiger partial charge in [-0.25, -0.2) is 0 Å². The molecular formula is C16H17BrN6O2S. The van der Waals surface area contributed by atoms with E-state index in [1.165, 1.54) is 11.8 Å². The molecule has 0 saturated carbocycles. The monoisotopic (exact) mass is 436 g/mol. The van der Waals surface area contributed by atoms with Gasteiger partial charge in [0.2, 0.25) is 11.8 Å². The number of aryl methyl sites for hydroxylation is 1. The Morgan fingerprint density at radius 3 is 2.69 bits per heavy atom. The van der Waals surface area contributed by atoms with Crippen LogP contribution >= 0.6 is 27.7 Å². The molecule has 2 heterocycles. The number of thioether (sulfide) groups is 1. The van der Waals surface area contributed by atoms with Crippen LogP contribution in [0, 0.1) is 0 Å². The maximum Gasteiger partial charge on any atom is 0.243 e. The van der Waals surface area contributed by atoms with E-state index in [0.717, 1.165) is 15.7 Å². The lowest BCUT2D eigenvalue weighted by molar-refractivity contribution is -0.113. The summed E-state index contributed by atoms with van der Waals surface area (Å²) in [6, 6.07) is 7.42. The van der Waals surface area contributed by atoms with Crippen LogP contribution in [0.3, 0.4) is 0 Å². The van der Waals surface area contributed by atoms with Crippen molar-refractivity contribution in [1.82, 2.24) is 24.5 Å². The van der Waals surface area contributed by atoms with E-state index < -0.39 is 0 Å². The van der Waals surface area contributed by atoms with E-state index in [2.05, 4.69) is 36.5 Å². The predicted octanol–water partition coefficient (Wildman–Crippen LogP) is 2.72. The largest absolute Gasteiger partial charge is 0.479 e. The summed E-state index contributed by atoms with van der Waals surface area (Å²) < 4.78 is 9.70. The average Bonchev–Trinajstić information content (AvgIpc) is 3.17. The summed E-state index contributed by atoms with van der Waals surface area (Å²) in [5.74, 6) is 1.23. The van der Waals surface area contributed by atoms with Gasteiger partial charge in [0, 0.05) is 30.5 Å². The van der Waals surface area contributed by atoms with Gasteiger partial charge >= 0.3 is 0 Å². The van der Waals surface area contributed by atoms with Crippen molar-refractivity contribution in [2.24, 2.45) is 14.1 Å². The van der Waals surface area contributed by atoms with Crippen LogP contribution in [-0.2, 0) is 18.9 Å². The fourth-order valence-corrected chi connectivity index (χ4v) is 3.28. The number of nitrogens with one attached hydrogen (secondary N) is 1. The molecule has 1 amide bonds. The summed E-state index contributed by atoms with van der Waals surface area (Å²) in [5.41, 5.74) is 1.49. The van der Waals surface area contributed by atoms with Crippen LogP contribution in [0.2, 0.25) is 0 Å². The van der Waals surface area contributed by atoms with Gasteiger partial charge in [0.05, 0.1) is 12.9 Å². The normalized spacial score (nSPS) is 10.8. The summed E-state index contributed by atoms with van der Waals surface area (Å²) in [7, 11) is 5.21. The van der Waals surface area contributed by atoms with E-state index in [0.29, 0.717) is 16.9 Å². The van der Waals surface area contributed by atoms with Crippen molar-refractivity contribution in [3.63, 3.8) is 0 Å². The summed E-state index contributed by atoms with van der Waals surface area (Å²) in [5, 5.41) is 16.1. The Morgan fingerprint density at radius 1 is 1.27 bits per heavy atom. The minimum Gasteiger partial charge on any atom is -0.479 e. The van der Waals surface area contributed by atoms with Gasteiger partial charge < -0.3 is 14.6 Å². The molecule has 8 nitrogen and oxygen atoms in total. The van der Waals surface area contributed by atoms with Gasteiger partial charge in [-0.05, 0) is 24.3 Å². The minimum absolute atomic E-state index is 0.110. The van der Waals surface area contributed by atoms with Gasteiger partial charge in [-0.3, -0.25) is 9.48 Å². The molecule has 0 fully saturated rings. The number of hydrogen-bond donors (Lipinski definition) is 1. The van der Waals surface area contributed by atoms with Crippen LogP contribution in [0.15, 0.2) is 40.1 Å². The zero-order valence-corrected chi connectivity index (χ0v) is 16.8. The fraction of sp³-hybridized carbons (Fsp3) is 0.250. The Kier molecular flexibility index (Phi) is 5.62. The molecular weight excluding hydrogens is 420 g/mol. The van der Waals surface area contributed by atoms with E-state index in [-0.39, 0.29) is 11.7 Å². The molecule has 1 N–H and O–H groups in total. The summed E-state index contributed by atoms with van der Waals surface area (Å²) in [4.78, 5) is 12.1. The molecule has 0 bridgehead atoms. The number of carbonyl (C=O) groups excluding carboxylic acids is 1. The summed E-state index contributed by atoms with van der Waals surface area (Å²) >= 11 is 4.68. The van der Waals surface area contributed by atoms with Crippen molar-refractivity contribution in [2.45, 2.75) is 5.16 Å². The van der Waals surface area contributed by atoms with E-state index in [1.54, 1.807) is 11.8 Å². The van der Waals surface area contributed by atoms with E-state index in [9.17, 15) is 4.79 Å². The molecule has 3 rings (SSSR count). The van der Waals surface area contributed by atoms with Gasteiger partial charge in [0.25, 0.3) is 0 Å². The first-order valence-electron chi connectivity index (χ1n) is 7.63. The van der Waals surface area contributed by atoms with Crippen LogP contribution in [-0.4, -0.2) is 43.3 Å². The van der Waals surface area contributed by atoms with Crippen molar-refractivity contribution in [2.75, 3.05) is 18.2 Å². The molecule has 0 aliphatic carbocycles. The SMILES string of the molecule is COc1nn(C)cc1-c1nnc(SCC(=O)Nc2ccc(Br)cc2)n1C. The predicted molar refractivity (Wildman–Crippen MR) is 103 cm³/mol. The Balaban J connectivity index is 1.66. The lowest BCUT2D eigenvalue weighted by atomic mass is 10.3. The molecule has 26 heavy (non-hydrogen) atoms. The van der Waals surface area contributed by atoms with Gasteiger partial charge in [-0.2, -0.15) is 0 Å². The van der Waals surface area contributed by atoms with Crippen molar-refractivity contribution in [3.05, 3.63) is 34.9 Å². The molecule has 0 saturated heterocycles. The third-order valence-electron chi connectivity index (χ3n) is 3.52. The molecule has 1 aromatic carbocycles. The Labute approximate surface area is 163 Å². The summed E-state index contributed by atoms with van der Waals surface area (Å²) in [6.45, 7) is 0. The van der Waals surface area contributed by atoms with Crippen molar-refractivity contribution >= 4 is 39.3 Å². The number of carbonyl (C=O) groups is 1. The summed E-state index contributed by atoms with van der Waals surface area (Å²) in [6.07, 6.45) is 1.82.